The first-order valence-corrected chi connectivity index (χ1v) is 9.65. The number of likely N-dealkylation sites (tertiary alicyclic amines) is 1. The van der Waals surface area contributed by atoms with Crippen molar-refractivity contribution in [2.75, 3.05) is 19.6 Å². The summed E-state index contributed by atoms with van der Waals surface area (Å²) in [5, 5.41) is 15.1. The molecule has 2 aromatic heterocycles. The summed E-state index contributed by atoms with van der Waals surface area (Å²) < 4.78 is 40.3. The van der Waals surface area contributed by atoms with Gasteiger partial charge < -0.3 is 10.0 Å². The van der Waals surface area contributed by atoms with Gasteiger partial charge in [-0.05, 0) is 49.7 Å². The lowest BCUT2D eigenvalue weighted by atomic mass is 9.93. The Labute approximate surface area is 152 Å². The van der Waals surface area contributed by atoms with Crippen molar-refractivity contribution in [3.8, 4) is 0 Å². The Morgan fingerprint density at radius 1 is 1.35 bits per heavy atom. The summed E-state index contributed by atoms with van der Waals surface area (Å²) in [6.45, 7) is 1.43. The highest BCUT2D eigenvalue weighted by Gasteiger charge is 2.44. The van der Waals surface area contributed by atoms with Crippen LogP contribution in [0, 0.1) is 11.8 Å². The van der Waals surface area contributed by atoms with Gasteiger partial charge in [-0.15, -0.1) is 11.3 Å². The minimum Gasteiger partial charge on any atom is -0.481 e. The monoisotopic (exact) mass is 387 g/mol. The van der Waals surface area contributed by atoms with Crippen LogP contribution in [-0.2, 0) is 11.3 Å². The molecule has 0 radical (unpaired) electrons. The normalized spacial score (nSPS) is 25.0. The predicted octanol–water partition coefficient (Wildman–Crippen LogP) is 3.56. The molecule has 9 heteroatoms. The van der Waals surface area contributed by atoms with Gasteiger partial charge in [0.15, 0.2) is 0 Å². The second-order valence-corrected chi connectivity index (χ2v) is 8.22. The molecule has 142 valence electrons. The number of carboxylic acid groups (broad SMARTS) is 1. The van der Waals surface area contributed by atoms with E-state index in [1.54, 1.807) is 6.07 Å². The van der Waals surface area contributed by atoms with Gasteiger partial charge in [-0.1, -0.05) is 0 Å². The molecule has 1 aliphatic heterocycles. The number of carbonyl (C=O) groups is 1. The van der Waals surface area contributed by atoms with E-state index < -0.39 is 18.7 Å². The molecule has 4 rings (SSSR count). The number of nitrogens with zero attached hydrogens (tertiary/aromatic N) is 3. The minimum atomic E-state index is -4.29. The van der Waals surface area contributed by atoms with E-state index >= 15 is 0 Å². The summed E-state index contributed by atoms with van der Waals surface area (Å²) >= 11 is 1.45. The van der Waals surface area contributed by atoms with Crippen LogP contribution in [0.3, 0.4) is 0 Å². The summed E-state index contributed by atoms with van der Waals surface area (Å²) in [4.78, 5) is 13.2. The first-order chi connectivity index (χ1) is 12.3. The molecule has 2 fully saturated rings. The number of hydrogen-bond donors (Lipinski definition) is 1. The molecule has 0 amide bonds. The number of aromatic nitrogens is 2. The van der Waals surface area contributed by atoms with Crippen LogP contribution in [0.2, 0.25) is 0 Å². The molecule has 3 heterocycles. The van der Waals surface area contributed by atoms with Crippen molar-refractivity contribution in [2.45, 2.75) is 37.9 Å². The first kappa shape index (κ1) is 17.8. The molecule has 2 atom stereocenters. The molecular formula is C17H20F3N3O2S. The Morgan fingerprint density at radius 3 is 2.69 bits per heavy atom. The van der Waals surface area contributed by atoms with Crippen LogP contribution in [-0.4, -0.2) is 51.6 Å². The Hall–Kier alpha value is -1.61. The van der Waals surface area contributed by atoms with E-state index in [4.69, 9.17) is 5.11 Å². The fourth-order valence-electron chi connectivity index (χ4n) is 3.96. The Bertz CT molecular complexity index is 808. The quantitative estimate of drug-likeness (QED) is 0.852. The number of piperidine rings is 1. The van der Waals surface area contributed by atoms with Crippen LogP contribution in [0.4, 0.5) is 13.2 Å². The van der Waals surface area contributed by atoms with Crippen LogP contribution in [0.1, 0.15) is 30.9 Å². The third-order valence-electron chi connectivity index (χ3n) is 5.42. The van der Waals surface area contributed by atoms with Crippen LogP contribution < -0.4 is 0 Å². The molecule has 5 nitrogen and oxygen atoms in total. The van der Waals surface area contributed by atoms with E-state index in [1.165, 1.54) is 11.3 Å². The van der Waals surface area contributed by atoms with Crippen molar-refractivity contribution in [2.24, 2.45) is 11.8 Å². The van der Waals surface area contributed by atoms with E-state index in [9.17, 15) is 18.0 Å². The lowest BCUT2D eigenvalue weighted by Gasteiger charge is -2.31. The average Bonchev–Trinajstić information content (AvgIpc) is 3.02. The Kier molecular flexibility index (Phi) is 4.46. The Morgan fingerprint density at radius 2 is 2.08 bits per heavy atom. The third-order valence-corrected chi connectivity index (χ3v) is 6.35. The summed E-state index contributed by atoms with van der Waals surface area (Å²) in [5.41, 5.74) is 1.35. The minimum absolute atomic E-state index is 0.163. The Balaban J connectivity index is 1.42. The fourth-order valence-corrected chi connectivity index (χ4v) is 4.91. The number of halogens is 3. The number of aliphatic carboxylic acids is 1. The van der Waals surface area contributed by atoms with Crippen molar-refractivity contribution in [3.05, 3.63) is 17.1 Å². The lowest BCUT2D eigenvalue weighted by molar-refractivity contribution is -0.142. The average molecular weight is 387 g/mol. The first-order valence-electron chi connectivity index (χ1n) is 8.77. The molecule has 0 aromatic carbocycles. The van der Waals surface area contributed by atoms with Crippen molar-refractivity contribution >= 4 is 27.5 Å². The zero-order chi connectivity index (χ0) is 18.5. The maximum Gasteiger partial charge on any atom is 0.408 e. The molecule has 0 bridgehead atoms. The number of thiophene rings is 1. The van der Waals surface area contributed by atoms with E-state index in [-0.39, 0.29) is 17.8 Å². The maximum atomic E-state index is 12.8. The standard InChI is InChI=1S/C17H20F3N3O2S/c18-17(19,20)9-23-13-3-6-26-15(13)14(21-23)10-1-4-22(5-2-10)8-11-7-12(11)16(24)25/h3,6,10-12H,1-2,4-5,7-9H2,(H,24,25)/t11-,12?/m0/s1. The zero-order valence-electron chi connectivity index (χ0n) is 14.1. The van der Waals surface area contributed by atoms with Crippen molar-refractivity contribution < 1.29 is 23.1 Å². The lowest BCUT2D eigenvalue weighted by Crippen LogP contribution is -2.35. The summed E-state index contributed by atoms with van der Waals surface area (Å²) in [6, 6.07) is 1.70. The highest BCUT2D eigenvalue weighted by molar-refractivity contribution is 7.17. The molecule has 1 unspecified atom stereocenters. The van der Waals surface area contributed by atoms with Crippen LogP contribution in [0.15, 0.2) is 11.4 Å². The van der Waals surface area contributed by atoms with Gasteiger partial charge >= 0.3 is 12.1 Å². The maximum absolute atomic E-state index is 12.8. The molecule has 26 heavy (non-hydrogen) atoms. The summed E-state index contributed by atoms with van der Waals surface area (Å²) in [6.07, 6.45) is -1.83. The van der Waals surface area contributed by atoms with Crippen molar-refractivity contribution in [3.63, 3.8) is 0 Å². The molecule has 1 saturated carbocycles. The molecule has 1 N–H and O–H groups in total. The van der Waals surface area contributed by atoms with Gasteiger partial charge in [0.1, 0.15) is 6.54 Å². The van der Waals surface area contributed by atoms with Gasteiger partial charge in [0.25, 0.3) is 0 Å². The largest absolute Gasteiger partial charge is 0.481 e. The van der Waals surface area contributed by atoms with Gasteiger partial charge in [0.2, 0.25) is 0 Å². The van der Waals surface area contributed by atoms with E-state index in [2.05, 4.69) is 10.00 Å². The second kappa shape index (κ2) is 6.53. The molecule has 1 aliphatic carbocycles. The van der Waals surface area contributed by atoms with Crippen molar-refractivity contribution in [1.82, 2.24) is 14.7 Å². The molecule has 2 aliphatic rings. The molecule has 0 spiro atoms. The van der Waals surface area contributed by atoms with Gasteiger partial charge in [-0.25, -0.2) is 0 Å². The third kappa shape index (κ3) is 3.59. The van der Waals surface area contributed by atoms with Gasteiger partial charge in [-0.2, -0.15) is 18.3 Å². The number of alkyl halides is 3. The van der Waals surface area contributed by atoms with Gasteiger partial charge in [0, 0.05) is 12.5 Å². The molecule has 2 aromatic rings. The number of carboxylic acids is 1. The topological polar surface area (TPSA) is 58.4 Å². The van der Waals surface area contributed by atoms with E-state index in [0.717, 1.165) is 54.0 Å². The molecule has 1 saturated heterocycles. The smallest absolute Gasteiger partial charge is 0.408 e. The van der Waals surface area contributed by atoms with Crippen molar-refractivity contribution in [1.29, 1.82) is 0 Å². The highest BCUT2D eigenvalue weighted by Crippen LogP contribution is 2.41. The van der Waals surface area contributed by atoms with Gasteiger partial charge in [-0.3, -0.25) is 9.48 Å². The summed E-state index contributed by atoms with van der Waals surface area (Å²) in [5.74, 6) is -0.493. The second-order valence-electron chi connectivity index (χ2n) is 7.31. The molecular weight excluding hydrogens is 367 g/mol. The van der Waals surface area contributed by atoms with Crippen LogP contribution >= 0.6 is 11.3 Å². The number of fused-ring (bicyclic) bond motifs is 1. The fraction of sp³-hybridized carbons (Fsp3) is 0.647. The highest BCUT2D eigenvalue weighted by atomic mass is 32.1. The van der Waals surface area contributed by atoms with Crippen LogP contribution in [0.5, 0.6) is 0 Å². The van der Waals surface area contributed by atoms with E-state index in [1.807, 2.05) is 5.38 Å². The van der Waals surface area contributed by atoms with Gasteiger partial charge in [0.05, 0.1) is 21.8 Å². The SMILES string of the molecule is O=C(O)C1C[C@H]1CN1CCC(c2nn(CC(F)(F)F)c3ccsc23)CC1. The predicted molar refractivity (Wildman–Crippen MR) is 91.3 cm³/mol. The number of hydrogen-bond acceptors (Lipinski definition) is 4. The van der Waals surface area contributed by atoms with Crippen LogP contribution in [0.25, 0.3) is 10.2 Å². The number of rotatable bonds is 5. The zero-order valence-corrected chi connectivity index (χ0v) is 14.9. The van der Waals surface area contributed by atoms with E-state index in [0.29, 0.717) is 5.52 Å². The summed E-state index contributed by atoms with van der Waals surface area (Å²) in [7, 11) is 0.